The first kappa shape index (κ1) is 18.4. The Hall–Kier alpha value is -1.69. The van der Waals surface area contributed by atoms with Crippen LogP contribution in [0.25, 0.3) is 0 Å². The third-order valence-corrected chi connectivity index (χ3v) is 3.41. The molecule has 5 nitrogen and oxygen atoms in total. The first-order chi connectivity index (χ1) is 10.3. The van der Waals surface area contributed by atoms with E-state index in [-0.39, 0.29) is 12.0 Å². The summed E-state index contributed by atoms with van der Waals surface area (Å²) < 4.78 is 5.20. The van der Waals surface area contributed by atoms with Gasteiger partial charge in [-0.25, -0.2) is 4.79 Å². The van der Waals surface area contributed by atoms with Crippen molar-refractivity contribution in [1.82, 2.24) is 5.32 Å². The topological polar surface area (TPSA) is 67.4 Å². The number of ether oxygens (including phenoxy) is 1. The van der Waals surface area contributed by atoms with Crippen LogP contribution in [0.15, 0.2) is 29.2 Å². The highest BCUT2D eigenvalue weighted by molar-refractivity contribution is 7.98. The third-order valence-electron chi connectivity index (χ3n) is 2.62. The van der Waals surface area contributed by atoms with E-state index in [4.69, 9.17) is 4.74 Å². The second-order valence-corrected chi connectivity index (χ2v) is 6.62. The van der Waals surface area contributed by atoms with Crippen LogP contribution < -0.4 is 10.6 Å². The molecule has 6 heteroatoms. The highest BCUT2D eigenvalue weighted by Crippen LogP contribution is 2.24. The minimum absolute atomic E-state index is 0.248. The van der Waals surface area contributed by atoms with Crippen LogP contribution in [-0.2, 0) is 9.53 Å². The predicted molar refractivity (Wildman–Crippen MR) is 90.3 cm³/mol. The Morgan fingerprint density at radius 1 is 1.23 bits per heavy atom. The van der Waals surface area contributed by atoms with E-state index in [1.54, 1.807) is 11.8 Å². The van der Waals surface area contributed by atoms with E-state index in [0.29, 0.717) is 19.4 Å². The van der Waals surface area contributed by atoms with E-state index in [1.807, 2.05) is 51.3 Å². The van der Waals surface area contributed by atoms with Gasteiger partial charge < -0.3 is 15.4 Å². The number of hydrogen-bond donors (Lipinski definition) is 2. The summed E-state index contributed by atoms with van der Waals surface area (Å²) in [5.74, 6) is -0.248. The van der Waals surface area contributed by atoms with Gasteiger partial charge in [0.15, 0.2) is 0 Å². The Kier molecular flexibility index (Phi) is 7.24. The van der Waals surface area contributed by atoms with Gasteiger partial charge in [0.25, 0.3) is 0 Å². The zero-order valence-electron chi connectivity index (χ0n) is 13.6. The Morgan fingerprint density at radius 3 is 2.55 bits per heavy atom. The first-order valence-corrected chi connectivity index (χ1v) is 8.44. The number of carbonyl (C=O) groups is 2. The summed E-state index contributed by atoms with van der Waals surface area (Å²) in [6, 6.07) is 7.33. The molecule has 0 radical (unpaired) electrons. The van der Waals surface area contributed by atoms with Crippen molar-refractivity contribution in [2.24, 2.45) is 0 Å². The average Bonchev–Trinajstić information content (AvgIpc) is 2.42. The molecule has 0 aliphatic heterocycles. The Balaban J connectivity index is 2.28. The summed E-state index contributed by atoms with van der Waals surface area (Å²) >= 11 is 1.57. The minimum atomic E-state index is -0.469. The molecule has 0 fully saturated rings. The normalized spacial score (nSPS) is 10.9. The molecular formula is C16H24N2O3S. The largest absolute Gasteiger partial charge is 0.460 e. The summed E-state index contributed by atoms with van der Waals surface area (Å²) in [6.07, 6.45) is 2.80. The van der Waals surface area contributed by atoms with E-state index >= 15 is 0 Å². The van der Waals surface area contributed by atoms with Crippen LogP contribution >= 0.6 is 11.8 Å². The van der Waals surface area contributed by atoms with Gasteiger partial charge in [-0.1, -0.05) is 12.1 Å². The summed E-state index contributed by atoms with van der Waals surface area (Å²) in [6.45, 7) is 5.92. The van der Waals surface area contributed by atoms with Crippen molar-refractivity contribution in [3.8, 4) is 0 Å². The number of carbonyl (C=O) groups excluding carboxylic acids is 2. The smallest absolute Gasteiger partial charge is 0.319 e. The number of rotatable bonds is 6. The molecule has 0 spiro atoms. The lowest BCUT2D eigenvalue weighted by atomic mass is 10.2. The number of hydrogen-bond acceptors (Lipinski definition) is 4. The number of para-hydroxylation sites is 1. The molecule has 22 heavy (non-hydrogen) atoms. The fraction of sp³-hybridized carbons (Fsp3) is 0.500. The first-order valence-electron chi connectivity index (χ1n) is 7.21. The standard InChI is InChI=1S/C16H24N2O3S/c1-16(2,3)21-14(19)10-7-11-17-15(20)18-12-8-5-6-9-13(12)22-4/h5-6,8-9H,7,10-11H2,1-4H3,(H2,17,18,20). The van der Waals surface area contributed by atoms with Crippen molar-refractivity contribution < 1.29 is 14.3 Å². The van der Waals surface area contributed by atoms with E-state index in [1.165, 1.54) is 0 Å². The maximum absolute atomic E-state index is 11.8. The molecule has 2 N–H and O–H groups in total. The van der Waals surface area contributed by atoms with Gasteiger partial charge in [0, 0.05) is 17.9 Å². The fourth-order valence-electron chi connectivity index (χ4n) is 1.74. The van der Waals surface area contributed by atoms with Crippen molar-refractivity contribution >= 4 is 29.4 Å². The molecule has 0 aliphatic carbocycles. The monoisotopic (exact) mass is 324 g/mol. The summed E-state index contributed by atoms with van der Waals surface area (Å²) in [4.78, 5) is 24.3. The Labute approximate surface area is 136 Å². The lowest BCUT2D eigenvalue weighted by Crippen LogP contribution is -2.30. The van der Waals surface area contributed by atoms with Crippen molar-refractivity contribution in [2.45, 2.75) is 44.1 Å². The van der Waals surface area contributed by atoms with Crippen LogP contribution in [0.1, 0.15) is 33.6 Å². The SMILES string of the molecule is CSc1ccccc1NC(=O)NCCCC(=O)OC(C)(C)C. The van der Waals surface area contributed by atoms with Crippen LogP contribution in [0.5, 0.6) is 0 Å². The fourth-order valence-corrected chi connectivity index (χ4v) is 2.30. The van der Waals surface area contributed by atoms with Gasteiger partial charge in [-0.05, 0) is 45.6 Å². The maximum atomic E-state index is 11.8. The van der Waals surface area contributed by atoms with Gasteiger partial charge in [0.2, 0.25) is 0 Å². The molecule has 0 aliphatic rings. The second-order valence-electron chi connectivity index (χ2n) is 5.77. The van der Waals surface area contributed by atoms with Gasteiger partial charge in [-0.2, -0.15) is 0 Å². The van der Waals surface area contributed by atoms with Gasteiger partial charge in [-0.15, -0.1) is 11.8 Å². The van der Waals surface area contributed by atoms with Crippen molar-refractivity contribution in [3.63, 3.8) is 0 Å². The van der Waals surface area contributed by atoms with E-state index in [0.717, 1.165) is 10.6 Å². The zero-order valence-corrected chi connectivity index (χ0v) is 14.4. The molecule has 0 saturated heterocycles. The number of nitrogens with one attached hydrogen (secondary N) is 2. The lowest BCUT2D eigenvalue weighted by molar-refractivity contribution is -0.154. The molecule has 0 unspecified atom stereocenters. The quantitative estimate of drug-likeness (QED) is 0.476. The van der Waals surface area contributed by atoms with E-state index in [9.17, 15) is 9.59 Å². The second kappa shape index (κ2) is 8.68. The number of thioether (sulfide) groups is 1. The Morgan fingerprint density at radius 2 is 1.91 bits per heavy atom. The maximum Gasteiger partial charge on any atom is 0.319 e. The number of urea groups is 1. The number of benzene rings is 1. The molecular weight excluding hydrogens is 300 g/mol. The number of esters is 1. The molecule has 0 heterocycles. The molecule has 1 aromatic carbocycles. The molecule has 122 valence electrons. The highest BCUT2D eigenvalue weighted by Gasteiger charge is 2.15. The minimum Gasteiger partial charge on any atom is -0.460 e. The van der Waals surface area contributed by atoms with Gasteiger partial charge in [0.05, 0.1) is 5.69 Å². The molecule has 2 amide bonds. The highest BCUT2D eigenvalue weighted by atomic mass is 32.2. The summed E-state index contributed by atoms with van der Waals surface area (Å²) in [5.41, 5.74) is 0.309. The average molecular weight is 324 g/mol. The summed E-state index contributed by atoms with van der Waals surface area (Å²) in [7, 11) is 0. The van der Waals surface area contributed by atoms with Crippen LogP contribution in [0.4, 0.5) is 10.5 Å². The predicted octanol–water partition coefficient (Wildman–Crippen LogP) is 3.65. The van der Waals surface area contributed by atoms with Crippen molar-refractivity contribution in [1.29, 1.82) is 0 Å². The van der Waals surface area contributed by atoms with Crippen LogP contribution in [0.2, 0.25) is 0 Å². The van der Waals surface area contributed by atoms with Crippen LogP contribution in [-0.4, -0.2) is 30.4 Å². The molecule has 1 rings (SSSR count). The molecule has 0 atom stereocenters. The van der Waals surface area contributed by atoms with Gasteiger partial charge >= 0.3 is 12.0 Å². The molecule has 0 saturated carbocycles. The number of amides is 2. The molecule has 1 aromatic rings. The van der Waals surface area contributed by atoms with E-state index < -0.39 is 5.60 Å². The number of anilines is 1. The summed E-state index contributed by atoms with van der Waals surface area (Å²) in [5, 5.41) is 5.53. The zero-order chi connectivity index (χ0) is 16.6. The molecule has 0 aromatic heterocycles. The van der Waals surface area contributed by atoms with Crippen LogP contribution in [0, 0.1) is 0 Å². The van der Waals surface area contributed by atoms with Crippen molar-refractivity contribution in [3.05, 3.63) is 24.3 Å². The van der Waals surface area contributed by atoms with Gasteiger partial charge in [0.1, 0.15) is 5.60 Å². The van der Waals surface area contributed by atoms with Gasteiger partial charge in [-0.3, -0.25) is 4.79 Å². The van der Waals surface area contributed by atoms with E-state index in [2.05, 4.69) is 10.6 Å². The molecule has 0 bridgehead atoms. The lowest BCUT2D eigenvalue weighted by Gasteiger charge is -2.19. The Bertz CT molecular complexity index is 512. The third kappa shape index (κ3) is 7.36. The van der Waals surface area contributed by atoms with Crippen molar-refractivity contribution in [2.75, 3.05) is 18.1 Å². The van der Waals surface area contributed by atoms with Crippen LogP contribution in [0.3, 0.4) is 0 Å².